The van der Waals surface area contributed by atoms with E-state index >= 15 is 0 Å². The van der Waals surface area contributed by atoms with E-state index in [-0.39, 0.29) is 5.91 Å². The molecule has 26 heavy (non-hydrogen) atoms. The van der Waals surface area contributed by atoms with Gasteiger partial charge in [0.1, 0.15) is 5.75 Å². The number of esters is 1. The first-order valence-corrected chi connectivity index (χ1v) is 8.84. The van der Waals surface area contributed by atoms with Crippen molar-refractivity contribution in [3.05, 3.63) is 58.6 Å². The molecule has 0 aliphatic heterocycles. The molecule has 0 aliphatic carbocycles. The van der Waals surface area contributed by atoms with Crippen LogP contribution in [0.3, 0.4) is 0 Å². The minimum Gasteiger partial charge on any atom is -0.479 e. The van der Waals surface area contributed by atoms with Gasteiger partial charge in [-0.3, -0.25) is 4.79 Å². The predicted molar refractivity (Wildman–Crippen MR) is 102 cm³/mol. The molecule has 0 unspecified atom stereocenters. The maximum Gasteiger partial charge on any atom is 0.338 e. The SMILES string of the molecule is CCOC(=O)c1cccc(NC(=O)[C@@H](CC)Oc2ccccc2Cl)c1C. The van der Waals surface area contributed by atoms with Gasteiger partial charge in [0, 0.05) is 5.69 Å². The number of rotatable bonds is 7. The van der Waals surface area contributed by atoms with Crippen molar-refractivity contribution >= 4 is 29.2 Å². The second-order valence-corrected chi connectivity index (χ2v) is 6.04. The number of nitrogens with one attached hydrogen (secondary N) is 1. The van der Waals surface area contributed by atoms with Crippen LogP contribution < -0.4 is 10.1 Å². The van der Waals surface area contributed by atoms with Gasteiger partial charge in [0.15, 0.2) is 6.10 Å². The summed E-state index contributed by atoms with van der Waals surface area (Å²) >= 11 is 6.09. The minimum atomic E-state index is -0.708. The number of amides is 1. The Labute approximate surface area is 158 Å². The Morgan fingerprint density at radius 2 is 1.85 bits per heavy atom. The first-order valence-electron chi connectivity index (χ1n) is 8.46. The molecule has 0 radical (unpaired) electrons. The monoisotopic (exact) mass is 375 g/mol. The van der Waals surface area contributed by atoms with Gasteiger partial charge in [0.05, 0.1) is 17.2 Å². The van der Waals surface area contributed by atoms with Crippen molar-refractivity contribution < 1.29 is 19.1 Å². The van der Waals surface area contributed by atoms with Crippen LogP contribution in [0.25, 0.3) is 0 Å². The van der Waals surface area contributed by atoms with E-state index in [1.165, 1.54) is 0 Å². The van der Waals surface area contributed by atoms with Crippen molar-refractivity contribution in [1.82, 2.24) is 0 Å². The summed E-state index contributed by atoms with van der Waals surface area (Å²) in [4.78, 5) is 24.6. The van der Waals surface area contributed by atoms with Gasteiger partial charge in [0.2, 0.25) is 0 Å². The van der Waals surface area contributed by atoms with E-state index in [0.29, 0.717) is 40.6 Å². The lowest BCUT2D eigenvalue weighted by Gasteiger charge is -2.19. The highest BCUT2D eigenvalue weighted by Crippen LogP contribution is 2.26. The summed E-state index contributed by atoms with van der Waals surface area (Å²) in [6, 6.07) is 12.1. The maximum atomic E-state index is 12.6. The third kappa shape index (κ3) is 4.76. The minimum absolute atomic E-state index is 0.290. The van der Waals surface area contributed by atoms with Crippen molar-refractivity contribution in [2.75, 3.05) is 11.9 Å². The van der Waals surface area contributed by atoms with Gasteiger partial charge >= 0.3 is 5.97 Å². The molecular weight excluding hydrogens is 354 g/mol. The number of carbonyl (C=O) groups excluding carboxylic acids is 2. The molecule has 1 atom stereocenters. The number of halogens is 1. The zero-order valence-electron chi connectivity index (χ0n) is 15.0. The van der Waals surface area contributed by atoms with Crippen LogP contribution in [0.2, 0.25) is 5.02 Å². The van der Waals surface area contributed by atoms with E-state index < -0.39 is 12.1 Å². The number of anilines is 1. The Bertz CT molecular complexity index is 791. The predicted octanol–water partition coefficient (Wildman–Crippen LogP) is 4.62. The van der Waals surface area contributed by atoms with E-state index in [1.54, 1.807) is 56.3 Å². The summed E-state index contributed by atoms with van der Waals surface area (Å²) < 4.78 is 10.8. The molecule has 1 amide bonds. The molecule has 0 bridgehead atoms. The number of hydrogen-bond acceptors (Lipinski definition) is 4. The molecule has 0 aliphatic rings. The summed E-state index contributed by atoms with van der Waals surface area (Å²) in [6.45, 7) is 5.65. The normalized spacial score (nSPS) is 11.5. The largest absolute Gasteiger partial charge is 0.479 e. The zero-order valence-corrected chi connectivity index (χ0v) is 15.8. The quantitative estimate of drug-likeness (QED) is 0.717. The number of hydrogen-bond donors (Lipinski definition) is 1. The molecular formula is C20H22ClNO4. The highest BCUT2D eigenvalue weighted by atomic mass is 35.5. The van der Waals surface area contributed by atoms with Crippen LogP contribution in [-0.4, -0.2) is 24.6 Å². The fourth-order valence-electron chi connectivity index (χ4n) is 2.43. The number of para-hydroxylation sites is 1. The van der Waals surface area contributed by atoms with Gasteiger partial charge in [-0.2, -0.15) is 0 Å². The third-order valence-corrected chi connectivity index (χ3v) is 4.17. The maximum absolute atomic E-state index is 12.6. The van der Waals surface area contributed by atoms with Gasteiger partial charge in [-0.1, -0.05) is 36.7 Å². The third-order valence-electron chi connectivity index (χ3n) is 3.86. The van der Waals surface area contributed by atoms with Crippen LogP contribution in [0.4, 0.5) is 5.69 Å². The molecule has 0 saturated heterocycles. The Hall–Kier alpha value is -2.53. The molecule has 6 heteroatoms. The van der Waals surface area contributed by atoms with Gasteiger partial charge in [0.25, 0.3) is 5.91 Å². The lowest BCUT2D eigenvalue weighted by Crippen LogP contribution is -2.32. The van der Waals surface area contributed by atoms with E-state index in [0.717, 1.165) is 0 Å². The molecule has 5 nitrogen and oxygen atoms in total. The van der Waals surface area contributed by atoms with Crippen molar-refractivity contribution in [3.8, 4) is 5.75 Å². The Balaban J connectivity index is 2.16. The highest BCUT2D eigenvalue weighted by molar-refractivity contribution is 6.32. The summed E-state index contributed by atoms with van der Waals surface area (Å²) in [5, 5.41) is 3.27. The summed E-state index contributed by atoms with van der Waals surface area (Å²) in [5.41, 5.74) is 1.61. The fraction of sp³-hybridized carbons (Fsp3) is 0.300. The smallest absolute Gasteiger partial charge is 0.338 e. The van der Waals surface area contributed by atoms with Gasteiger partial charge < -0.3 is 14.8 Å². The fourth-order valence-corrected chi connectivity index (χ4v) is 2.61. The summed E-state index contributed by atoms with van der Waals surface area (Å²) in [5.74, 6) is -0.273. The molecule has 0 saturated carbocycles. The second kappa shape index (κ2) is 9.25. The Kier molecular flexibility index (Phi) is 7.04. The summed E-state index contributed by atoms with van der Waals surface area (Å²) in [7, 11) is 0. The van der Waals surface area contributed by atoms with Crippen molar-refractivity contribution in [2.24, 2.45) is 0 Å². The molecule has 0 heterocycles. The van der Waals surface area contributed by atoms with Crippen LogP contribution in [0.15, 0.2) is 42.5 Å². The van der Waals surface area contributed by atoms with Crippen LogP contribution in [0, 0.1) is 6.92 Å². The molecule has 1 N–H and O–H groups in total. The molecule has 2 aromatic rings. The first-order chi connectivity index (χ1) is 12.5. The lowest BCUT2D eigenvalue weighted by atomic mass is 10.1. The van der Waals surface area contributed by atoms with Crippen molar-refractivity contribution in [3.63, 3.8) is 0 Å². The van der Waals surface area contributed by atoms with Crippen LogP contribution in [0.5, 0.6) is 5.75 Å². The Morgan fingerprint density at radius 3 is 2.50 bits per heavy atom. The molecule has 2 rings (SSSR count). The molecule has 0 fully saturated rings. The summed E-state index contributed by atoms with van der Waals surface area (Å²) in [6.07, 6.45) is -0.242. The first kappa shape index (κ1) is 19.8. The van der Waals surface area contributed by atoms with Gasteiger partial charge in [-0.05, 0) is 50.1 Å². The molecule has 0 aromatic heterocycles. The number of benzene rings is 2. The van der Waals surface area contributed by atoms with Crippen LogP contribution in [0.1, 0.15) is 36.2 Å². The molecule has 0 spiro atoms. The van der Waals surface area contributed by atoms with E-state index in [1.807, 2.05) is 6.92 Å². The van der Waals surface area contributed by atoms with E-state index in [4.69, 9.17) is 21.1 Å². The number of carbonyl (C=O) groups is 2. The zero-order chi connectivity index (χ0) is 19.1. The van der Waals surface area contributed by atoms with Crippen LogP contribution >= 0.6 is 11.6 Å². The van der Waals surface area contributed by atoms with E-state index in [2.05, 4.69) is 5.32 Å². The van der Waals surface area contributed by atoms with Crippen LogP contribution in [-0.2, 0) is 9.53 Å². The average Bonchev–Trinajstić information content (AvgIpc) is 2.62. The lowest BCUT2D eigenvalue weighted by molar-refractivity contribution is -0.122. The Morgan fingerprint density at radius 1 is 1.12 bits per heavy atom. The topological polar surface area (TPSA) is 64.6 Å². The molecule has 2 aromatic carbocycles. The van der Waals surface area contributed by atoms with Crippen molar-refractivity contribution in [1.29, 1.82) is 0 Å². The van der Waals surface area contributed by atoms with E-state index in [9.17, 15) is 9.59 Å². The molecule has 138 valence electrons. The average molecular weight is 376 g/mol. The van der Waals surface area contributed by atoms with Gasteiger partial charge in [-0.25, -0.2) is 4.79 Å². The highest BCUT2D eigenvalue weighted by Gasteiger charge is 2.21. The standard InChI is InChI=1S/C20H22ClNO4/c1-4-17(26-18-12-7-6-10-15(18)21)19(23)22-16-11-8-9-14(13(16)3)20(24)25-5-2/h6-12,17H,4-5H2,1-3H3,(H,22,23)/t17-/m1/s1. The van der Waals surface area contributed by atoms with Crippen molar-refractivity contribution in [2.45, 2.75) is 33.3 Å². The number of ether oxygens (including phenoxy) is 2. The van der Waals surface area contributed by atoms with Gasteiger partial charge in [-0.15, -0.1) is 0 Å². The second-order valence-electron chi connectivity index (χ2n) is 5.63.